The van der Waals surface area contributed by atoms with E-state index < -0.39 is 0 Å². The van der Waals surface area contributed by atoms with Gasteiger partial charge < -0.3 is 15.2 Å². The molecule has 0 aliphatic carbocycles. The lowest BCUT2D eigenvalue weighted by Gasteiger charge is -2.17. The molecule has 5 nitrogen and oxygen atoms in total. The Labute approximate surface area is 168 Å². The van der Waals surface area contributed by atoms with E-state index in [-0.39, 0.29) is 24.2 Å². The maximum atomic E-state index is 12.6. The van der Waals surface area contributed by atoms with Gasteiger partial charge in [0.15, 0.2) is 0 Å². The molecule has 4 rings (SSSR count). The van der Waals surface area contributed by atoms with Crippen molar-refractivity contribution < 1.29 is 9.59 Å². The van der Waals surface area contributed by atoms with E-state index in [1.807, 2.05) is 37.4 Å². The zero-order valence-corrected chi connectivity index (χ0v) is 16.4. The summed E-state index contributed by atoms with van der Waals surface area (Å²) in [5.41, 5.74) is 3.81. The van der Waals surface area contributed by atoms with Crippen molar-refractivity contribution in [2.24, 2.45) is 5.92 Å². The highest BCUT2D eigenvalue weighted by Crippen LogP contribution is 2.26. The molecule has 6 heteroatoms. The van der Waals surface area contributed by atoms with Crippen LogP contribution in [0.25, 0.3) is 10.9 Å². The first-order chi connectivity index (χ1) is 13.5. The highest BCUT2D eigenvalue weighted by molar-refractivity contribution is 6.31. The molecule has 1 fully saturated rings. The number of halogens is 1. The number of fused-ring (bicyclic) bond motifs is 1. The Bertz CT molecular complexity index is 1040. The Hall–Kier alpha value is -2.79. The number of rotatable bonds is 5. The van der Waals surface area contributed by atoms with Gasteiger partial charge in [-0.2, -0.15) is 0 Å². The SMILES string of the molecule is Cc1c(Cl)cccc1NC(=O)C1CC(=O)N(CCc2c[nH]c3ccccc23)C1. The largest absolute Gasteiger partial charge is 0.361 e. The number of anilines is 1. The van der Waals surface area contributed by atoms with Crippen molar-refractivity contribution in [1.29, 1.82) is 0 Å². The summed E-state index contributed by atoms with van der Waals surface area (Å²) >= 11 is 6.12. The van der Waals surface area contributed by atoms with Crippen molar-refractivity contribution in [3.8, 4) is 0 Å². The zero-order chi connectivity index (χ0) is 19.7. The predicted molar refractivity (Wildman–Crippen MR) is 112 cm³/mol. The fourth-order valence-corrected chi connectivity index (χ4v) is 3.91. The van der Waals surface area contributed by atoms with Gasteiger partial charge in [-0.1, -0.05) is 35.9 Å². The molecule has 2 N–H and O–H groups in total. The lowest BCUT2D eigenvalue weighted by Crippen LogP contribution is -2.30. The summed E-state index contributed by atoms with van der Waals surface area (Å²) in [7, 11) is 0. The minimum atomic E-state index is -0.339. The van der Waals surface area contributed by atoms with Crippen LogP contribution in [-0.2, 0) is 16.0 Å². The molecular weight excluding hydrogens is 374 g/mol. The second kappa shape index (κ2) is 7.68. The fraction of sp³-hybridized carbons (Fsp3) is 0.273. The minimum Gasteiger partial charge on any atom is -0.361 e. The van der Waals surface area contributed by atoms with E-state index in [0.717, 1.165) is 17.5 Å². The topological polar surface area (TPSA) is 65.2 Å². The fourth-order valence-electron chi connectivity index (χ4n) is 3.74. The van der Waals surface area contributed by atoms with Crippen LogP contribution in [0.15, 0.2) is 48.7 Å². The van der Waals surface area contributed by atoms with Gasteiger partial charge in [0.2, 0.25) is 11.8 Å². The van der Waals surface area contributed by atoms with Crippen LogP contribution in [0.5, 0.6) is 0 Å². The number of amides is 2. The second-order valence-corrected chi connectivity index (χ2v) is 7.66. The van der Waals surface area contributed by atoms with E-state index in [1.54, 1.807) is 17.0 Å². The Kier molecular flexibility index (Phi) is 5.09. The molecule has 0 bridgehead atoms. The first-order valence-electron chi connectivity index (χ1n) is 9.41. The van der Waals surface area contributed by atoms with Crippen LogP contribution >= 0.6 is 11.6 Å². The number of carbonyl (C=O) groups excluding carboxylic acids is 2. The molecule has 0 spiro atoms. The minimum absolute atomic E-state index is 0.0304. The van der Waals surface area contributed by atoms with Gasteiger partial charge in [-0.05, 0) is 42.7 Å². The molecule has 3 aromatic rings. The van der Waals surface area contributed by atoms with Crippen molar-refractivity contribution in [3.05, 3.63) is 64.8 Å². The van der Waals surface area contributed by atoms with Gasteiger partial charge in [-0.15, -0.1) is 0 Å². The summed E-state index contributed by atoms with van der Waals surface area (Å²) in [4.78, 5) is 30.1. The number of hydrogen-bond acceptors (Lipinski definition) is 2. The van der Waals surface area contributed by atoms with Crippen molar-refractivity contribution in [2.45, 2.75) is 19.8 Å². The van der Waals surface area contributed by atoms with E-state index in [9.17, 15) is 9.59 Å². The third-order valence-corrected chi connectivity index (χ3v) is 5.85. The average Bonchev–Trinajstić information content (AvgIpc) is 3.27. The summed E-state index contributed by atoms with van der Waals surface area (Å²) in [6.45, 7) is 2.93. The van der Waals surface area contributed by atoms with Crippen molar-refractivity contribution >= 4 is 40.0 Å². The standard InChI is InChI=1S/C22H22ClN3O2/c1-14-18(23)6-4-8-19(14)25-22(28)16-11-21(27)26(13-16)10-9-15-12-24-20-7-3-2-5-17(15)20/h2-8,12,16,24H,9-11,13H2,1H3,(H,25,28). The maximum absolute atomic E-state index is 12.6. The van der Waals surface area contributed by atoms with E-state index >= 15 is 0 Å². The molecule has 0 radical (unpaired) electrons. The lowest BCUT2D eigenvalue weighted by atomic mass is 10.1. The van der Waals surface area contributed by atoms with Gasteiger partial charge in [0, 0.05) is 47.3 Å². The Morgan fingerprint density at radius 1 is 1.25 bits per heavy atom. The average molecular weight is 396 g/mol. The van der Waals surface area contributed by atoms with E-state index in [0.29, 0.717) is 23.8 Å². The first kappa shape index (κ1) is 18.6. The van der Waals surface area contributed by atoms with Gasteiger partial charge in [0.05, 0.1) is 5.92 Å². The van der Waals surface area contributed by atoms with Gasteiger partial charge in [-0.25, -0.2) is 0 Å². The Balaban J connectivity index is 1.38. The monoisotopic (exact) mass is 395 g/mol. The van der Waals surface area contributed by atoms with Crippen molar-refractivity contribution in [3.63, 3.8) is 0 Å². The van der Waals surface area contributed by atoms with Gasteiger partial charge >= 0.3 is 0 Å². The summed E-state index contributed by atoms with van der Waals surface area (Å²) in [5, 5.41) is 4.71. The highest BCUT2D eigenvalue weighted by Gasteiger charge is 2.34. The third kappa shape index (κ3) is 3.62. The van der Waals surface area contributed by atoms with Crippen molar-refractivity contribution in [2.75, 3.05) is 18.4 Å². The smallest absolute Gasteiger partial charge is 0.229 e. The summed E-state index contributed by atoms with van der Waals surface area (Å²) in [6.07, 6.45) is 3.01. The molecule has 1 saturated heterocycles. The van der Waals surface area contributed by atoms with Crippen LogP contribution in [-0.4, -0.2) is 34.8 Å². The molecule has 1 atom stereocenters. The van der Waals surface area contributed by atoms with Crippen LogP contribution in [0.3, 0.4) is 0 Å². The van der Waals surface area contributed by atoms with Crippen LogP contribution < -0.4 is 5.32 Å². The number of benzene rings is 2. The molecule has 1 aliphatic rings. The Morgan fingerprint density at radius 3 is 2.93 bits per heavy atom. The zero-order valence-electron chi connectivity index (χ0n) is 15.7. The van der Waals surface area contributed by atoms with E-state index in [2.05, 4.69) is 16.4 Å². The highest BCUT2D eigenvalue weighted by atomic mass is 35.5. The number of aromatic nitrogens is 1. The number of aromatic amines is 1. The van der Waals surface area contributed by atoms with Gasteiger partial charge in [0.1, 0.15) is 0 Å². The van der Waals surface area contributed by atoms with E-state index in [4.69, 9.17) is 11.6 Å². The summed E-state index contributed by atoms with van der Waals surface area (Å²) in [5.74, 6) is -0.440. The van der Waals surface area contributed by atoms with Crippen LogP contribution in [0.4, 0.5) is 5.69 Å². The van der Waals surface area contributed by atoms with Crippen LogP contribution in [0.2, 0.25) is 5.02 Å². The van der Waals surface area contributed by atoms with Crippen LogP contribution in [0, 0.1) is 12.8 Å². The molecule has 2 heterocycles. The molecule has 144 valence electrons. The molecule has 0 saturated carbocycles. The van der Waals surface area contributed by atoms with E-state index in [1.165, 1.54) is 10.9 Å². The van der Waals surface area contributed by atoms with Gasteiger partial charge in [-0.3, -0.25) is 9.59 Å². The Morgan fingerprint density at radius 2 is 2.07 bits per heavy atom. The van der Waals surface area contributed by atoms with Crippen molar-refractivity contribution in [1.82, 2.24) is 9.88 Å². The molecule has 1 aromatic heterocycles. The molecule has 1 aliphatic heterocycles. The molecular formula is C22H22ClN3O2. The number of nitrogens with zero attached hydrogens (tertiary/aromatic N) is 1. The maximum Gasteiger partial charge on any atom is 0.229 e. The summed E-state index contributed by atoms with van der Waals surface area (Å²) in [6, 6.07) is 13.5. The van der Waals surface area contributed by atoms with Gasteiger partial charge in [0.25, 0.3) is 0 Å². The third-order valence-electron chi connectivity index (χ3n) is 5.44. The molecule has 2 amide bonds. The number of H-pyrrole nitrogens is 1. The molecule has 1 unspecified atom stereocenters. The predicted octanol–water partition coefficient (Wildman–Crippen LogP) is 4.16. The molecule has 2 aromatic carbocycles. The van der Waals surface area contributed by atoms with Crippen LogP contribution in [0.1, 0.15) is 17.5 Å². The number of para-hydroxylation sites is 1. The first-order valence-corrected chi connectivity index (χ1v) is 9.79. The normalized spacial score (nSPS) is 16.7. The quantitative estimate of drug-likeness (QED) is 0.681. The second-order valence-electron chi connectivity index (χ2n) is 7.25. The number of hydrogen-bond donors (Lipinski definition) is 2. The number of likely N-dealkylation sites (tertiary alicyclic amines) is 1. The lowest BCUT2D eigenvalue weighted by molar-refractivity contribution is -0.128. The number of carbonyl (C=O) groups is 2. The molecule has 28 heavy (non-hydrogen) atoms. The number of nitrogens with one attached hydrogen (secondary N) is 2. The summed E-state index contributed by atoms with van der Waals surface area (Å²) < 4.78 is 0.